The van der Waals surface area contributed by atoms with Gasteiger partial charge in [0.2, 0.25) is 0 Å². The summed E-state index contributed by atoms with van der Waals surface area (Å²) in [5.74, 6) is 0. The average molecular weight is 577 g/mol. The average Bonchev–Trinajstić information content (AvgIpc) is 3.08. The molecule has 7 aromatic rings. The molecule has 0 saturated carbocycles. The second kappa shape index (κ2) is 9.61. The van der Waals surface area contributed by atoms with Crippen LogP contribution in [0.2, 0.25) is 0 Å². The van der Waals surface area contributed by atoms with Crippen molar-refractivity contribution in [2.45, 2.75) is 26.2 Å². The molecule has 2 aliphatic heterocycles. The van der Waals surface area contributed by atoms with Gasteiger partial charge in [0.1, 0.15) is 0 Å². The quantitative estimate of drug-likeness (QED) is 0.189. The first-order chi connectivity index (χ1) is 22.0. The highest BCUT2D eigenvalue weighted by atomic mass is 15.2. The van der Waals surface area contributed by atoms with Gasteiger partial charge in [-0.2, -0.15) is 0 Å². The standard InChI is InChI=1S/C42H33BN2/c1-42(2,3)34-24-27-37-38-41(34)45(31-18-8-5-9-19-31)40-33-21-13-11-15-29(33)23-26-36(40)43(38)35-25-22-28-14-10-12-20-32(28)39(35)44(37)30-16-6-4-7-17-30/h4-27H,1-3H3. The van der Waals surface area contributed by atoms with Crippen molar-refractivity contribution in [2.75, 3.05) is 9.80 Å². The molecule has 2 nitrogen and oxygen atoms in total. The lowest BCUT2D eigenvalue weighted by atomic mass is 9.33. The van der Waals surface area contributed by atoms with E-state index >= 15 is 0 Å². The zero-order chi connectivity index (χ0) is 30.3. The number of fused-ring (bicyclic) bond motifs is 8. The van der Waals surface area contributed by atoms with Crippen LogP contribution in [0, 0.1) is 0 Å². The van der Waals surface area contributed by atoms with Crippen molar-refractivity contribution in [3.63, 3.8) is 0 Å². The maximum Gasteiger partial charge on any atom is 0.252 e. The van der Waals surface area contributed by atoms with Crippen LogP contribution in [-0.2, 0) is 5.41 Å². The van der Waals surface area contributed by atoms with E-state index < -0.39 is 0 Å². The molecule has 0 spiro atoms. The van der Waals surface area contributed by atoms with Gasteiger partial charge in [-0.3, -0.25) is 0 Å². The third kappa shape index (κ3) is 3.77. The Kier molecular flexibility index (Phi) is 5.59. The normalized spacial score (nSPS) is 13.5. The molecular weight excluding hydrogens is 543 g/mol. The van der Waals surface area contributed by atoms with Gasteiger partial charge in [0, 0.05) is 44.9 Å². The molecular formula is C42H33BN2. The monoisotopic (exact) mass is 576 g/mol. The molecule has 0 amide bonds. The second-order valence-electron chi connectivity index (χ2n) is 13.4. The Labute approximate surface area is 265 Å². The Hall–Kier alpha value is -5.28. The number of nitrogens with zero attached hydrogens (tertiary/aromatic N) is 2. The summed E-state index contributed by atoms with van der Waals surface area (Å²) in [6, 6.07) is 53.8. The van der Waals surface area contributed by atoms with Gasteiger partial charge in [-0.05, 0) is 68.5 Å². The van der Waals surface area contributed by atoms with Crippen molar-refractivity contribution in [1.29, 1.82) is 0 Å². The lowest BCUT2D eigenvalue weighted by molar-refractivity contribution is 0.591. The molecule has 0 aliphatic carbocycles. The predicted octanol–water partition coefficient (Wildman–Crippen LogP) is 9.37. The predicted molar refractivity (Wildman–Crippen MR) is 194 cm³/mol. The van der Waals surface area contributed by atoms with Crippen molar-refractivity contribution >= 4 is 78.8 Å². The van der Waals surface area contributed by atoms with Gasteiger partial charge in [-0.15, -0.1) is 0 Å². The zero-order valence-electron chi connectivity index (χ0n) is 25.8. The van der Waals surface area contributed by atoms with Crippen LogP contribution in [0.4, 0.5) is 34.1 Å². The molecule has 0 atom stereocenters. The molecule has 2 heterocycles. The molecule has 0 saturated heterocycles. The molecule has 9 rings (SSSR count). The van der Waals surface area contributed by atoms with Crippen LogP contribution in [0.5, 0.6) is 0 Å². The summed E-state index contributed by atoms with van der Waals surface area (Å²) >= 11 is 0. The fourth-order valence-corrected chi connectivity index (χ4v) is 7.82. The lowest BCUT2D eigenvalue weighted by Gasteiger charge is -2.46. The lowest BCUT2D eigenvalue weighted by Crippen LogP contribution is -2.62. The summed E-state index contributed by atoms with van der Waals surface area (Å²) in [7, 11) is 0. The molecule has 0 unspecified atom stereocenters. The summed E-state index contributed by atoms with van der Waals surface area (Å²) in [5, 5.41) is 5.07. The number of rotatable bonds is 2. The Bertz CT molecular complexity index is 2260. The summed E-state index contributed by atoms with van der Waals surface area (Å²) in [6.07, 6.45) is 0. The van der Waals surface area contributed by atoms with E-state index in [4.69, 9.17) is 0 Å². The summed E-state index contributed by atoms with van der Waals surface area (Å²) < 4.78 is 0. The van der Waals surface area contributed by atoms with Crippen LogP contribution in [0.15, 0.2) is 146 Å². The van der Waals surface area contributed by atoms with E-state index in [-0.39, 0.29) is 12.1 Å². The minimum absolute atomic E-state index is 0.0781. The molecule has 214 valence electrons. The van der Waals surface area contributed by atoms with Crippen LogP contribution in [0.25, 0.3) is 21.5 Å². The van der Waals surface area contributed by atoms with Gasteiger partial charge in [-0.25, -0.2) is 0 Å². The number of para-hydroxylation sites is 2. The molecule has 0 aromatic heterocycles. The number of benzene rings is 7. The van der Waals surface area contributed by atoms with Crippen LogP contribution in [0.1, 0.15) is 26.3 Å². The van der Waals surface area contributed by atoms with E-state index in [0.717, 1.165) is 0 Å². The summed E-state index contributed by atoms with van der Waals surface area (Å²) in [5.41, 5.74) is 12.8. The van der Waals surface area contributed by atoms with Crippen molar-refractivity contribution in [2.24, 2.45) is 0 Å². The van der Waals surface area contributed by atoms with E-state index in [1.54, 1.807) is 0 Å². The molecule has 3 heteroatoms. The fourth-order valence-electron chi connectivity index (χ4n) is 7.82. The van der Waals surface area contributed by atoms with Crippen molar-refractivity contribution in [3.8, 4) is 0 Å². The maximum atomic E-state index is 2.57. The topological polar surface area (TPSA) is 6.48 Å². The number of hydrogen-bond acceptors (Lipinski definition) is 2. The Balaban J connectivity index is 1.50. The highest BCUT2D eigenvalue weighted by molar-refractivity contribution is 7.00. The van der Waals surface area contributed by atoms with Crippen molar-refractivity contribution < 1.29 is 0 Å². The first kappa shape index (κ1) is 26.2. The van der Waals surface area contributed by atoms with Gasteiger partial charge >= 0.3 is 0 Å². The third-order valence-electron chi connectivity index (χ3n) is 9.72. The first-order valence-electron chi connectivity index (χ1n) is 15.9. The minimum Gasteiger partial charge on any atom is -0.311 e. The molecule has 45 heavy (non-hydrogen) atoms. The van der Waals surface area contributed by atoms with Gasteiger partial charge in [0.05, 0.1) is 0 Å². The third-order valence-corrected chi connectivity index (χ3v) is 9.72. The van der Waals surface area contributed by atoms with E-state index in [0.29, 0.717) is 0 Å². The number of anilines is 6. The van der Waals surface area contributed by atoms with E-state index in [1.165, 1.54) is 77.6 Å². The highest BCUT2D eigenvalue weighted by Gasteiger charge is 2.46. The Morgan fingerprint density at radius 3 is 1.49 bits per heavy atom. The zero-order valence-corrected chi connectivity index (χ0v) is 25.8. The van der Waals surface area contributed by atoms with Gasteiger partial charge in [0.15, 0.2) is 0 Å². The smallest absolute Gasteiger partial charge is 0.252 e. The van der Waals surface area contributed by atoms with Crippen LogP contribution >= 0.6 is 0 Å². The molecule has 0 radical (unpaired) electrons. The molecule has 0 bridgehead atoms. The fraction of sp³-hybridized carbons (Fsp3) is 0.0952. The van der Waals surface area contributed by atoms with E-state index in [9.17, 15) is 0 Å². The summed E-state index contributed by atoms with van der Waals surface area (Å²) in [4.78, 5) is 5.09. The van der Waals surface area contributed by atoms with Crippen LogP contribution in [-0.4, -0.2) is 6.71 Å². The van der Waals surface area contributed by atoms with E-state index in [1.807, 2.05) is 0 Å². The SMILES string of the molecule is CC(C)(C)c1ccc2c3c1N(c1ccccc1)c1c(ccc4ccccc14)B3c1ccc3ccccc3c1N2c1ccccc1. The molecule has 0 fully saturated rings. The van der Waals surface area contributed by atoms with Gasteiger partial charge < -0.3 is 9.80 Å². The molecule has 7 aromatic carbocycles. The van der Waals surface area contributed by atoms with Crippen LogP contribution < -0.4 is 26.2 Å². The second-order valence-corrected chi connectivity index (χ2v) is 13.4. The number of hydrogen-bond donors (Lipinski definition) is 0. The van der Waals surface area contributed by atoms with Gasteiger partial charge in [0.25, 0.3) is 6.71 Å². The summed E-state index contributed by atoms with van der Waals surface area (Å²) in [6.45, 7) is 7.13. The Morgan fingerprint density at radius 2 is 0.933 bits per heavy atom. The minimum atomic E-state index is -0.0781. The van der Waals surface area contributed by atoms with Crippen molar-refractivity contribution in [3.05, 3.63) is 151 Å². The largest absolute Gasteiger partial charge is 0.311 e. The van der Waals surface area contributed by atoms with E-state index in [2.05, 4.69) is 176 Å². The molecule has 0 N–H and O–H groups in total. The van der Waals surface area contributed by atoms with Crippen molar-refractivity contribution in [1.82, 2.24) is 0 Å². The first-order valence-corrected chi connectivity index (χ1v) is 15.9. The highest BCUT2D eigenvalue weighted by Crippen LogP contribution is 2.49. The van der Waals surface area contributed by atoms with Crippen LogP contribution in [0.3, 0.4) is 0 Å². The van der Waals surface area contributed by atoms with Gasteiger partial charge in [-0.1, -0.05) is 136 Å². The molecule has 2 aliphatic rings. The Morgan fingerprint density at radius 1 is 0.444 bits per heavy atom. The maximum absolute atomic E-state index is 2.57.